The minimum absolute atomic E-state index is 0.232. The molecule has 2 atom stereocenters. The van der Waals surface area contributed by atoms with Gasteiger partial charge in [-0.05, 0) is 36.1 Å². The van der Waals surface area contributed by atoms with E-state index >= 15 is 0 Å². The molecule has 0 radical (unpaired) electrons. The SMILES string of the molecule is CC1CCN(Cc2ccc3c(c2)CCO3)C1C(=O)O. The second-order valence-corrected chi connectivity index (χ2v) is 5.56. The predicted octanol–water partition coefficient (Wildman–Crippen LogP) is 1.92. The first kappa shape index (κ1) is 12.5. The van der Waals surface area contributed by atoms with E-state index in [1.165, 1.54) is 11.1 Å². The van der Waals surface area contributed by atoms with Crippen LogP contribution in [0.15, 0.2) is 18.2 Å². The monoisotopic (exact) mass is 261 g/mol. The van der Waals surface area contributed by atoms with Gasteiger partial charge >= 0.3 is 5.97 Å². The number of likely N-dealkylation sites (tertiary alicyclic amines) is 1. The predicted molar refractivity (Wildman–Crippen MR) is 71.3 cm³/mol. The van der Waals surface area contributed by atoms with Crippen molar-refractivity contribution in [1.29, 1.82) is 0 Å². The summed E-state index contributed by atoms with van der Waals surface area (Å²) >= 11 is 0. The van der Waals surface area contributed by atoms with Gasteiger partial charge in [0.1, 0.15) is 11.8 Å². The van der Waals surface area contributed by atoms with Crippen molar-refractivity contribution in [2.75, 3.05) is 13.2 Å². The summed E-state index contributed by atoms with van der Waals surface area (Å²) in [5, 5.41) is 9.33. The Morgan fingerprint density at radius 3 is 3.16 bits per heavy atom. The molecule has 0 spiro atoms. The highest BCUT2D eigenvalue weighted by Gasteiger charge is 2.36. The molecule has 4 heteroatoms. The van der Waals surface area contributed by atoms with E-state index in [9.17, 15) is 9.90 Å². The average molecular weight is 261 g/mol. The zero-order chi connectivity index (χ0) is 13.4. The van der Waals surface area contributed by atoms with Gasteiger partial charge in [-0.1, -0.05) is 19.1 Å². The first-order chi connectivity index (χ1) is 9.15. The lowest BCUT2D eigenvalue weighted by atomic mass is 10.0. The van der Waals surface area contributed by atoms with Crippen LogP contribution in [0, 0.1) is 5.92 Å². The molecule has 1 fully saturated rings. The van der Waals surface area contributed by atoms with E-state index < -0.39 is 5.97 Å². The van der Waals surface area contributed by atoms with Crippen molar-refractivity contribution in [3.63, 3.8) is 0 Å². The Bertz CT molecular complexity index is 500. The normalized spacial score (nSPS) is 26.2. The van der Waals surface area contributed by atoms with E-state index in [-0.39, 0.29) is 12.0 Å². The number of aliphatic carboxylic acids is 1. The van der Waals surface area contributed by atoms with Crippen molar-refractivity contribution >= 4 is 5.97 Å². The number of carbonyl (C=O) groups is 1. The van der Waals surface area contributed by atoms with E-state index in [1.807, 2.05) is 19.1 Å². The number of hydrogen-bond donors (Lipinski definition) is 1. The number of nitrogens with zero attached hydrogens (tertiary/aromatic N) is 1. The van der Waals surface area contributed by atoms with Crippen LogP contribution in [0.2, 0.25) is 0 Å². The number of carboxylic acid groups (broad SMARTS) is 1. The highest BCUT2D eigenvalue weighted by molar-refractivity contribution is 5.74. The molecule has 0 bridgehead atoms. The fraction of sp³-hybridized carbons (Fsp3) is 0.533. The van der Waals surface area contributed by atoms with Crippen molar-refractivity contribution in [3.8, 4) is 5.75 Å². The summed E-state index contributed by atoms with van der Waals surface area (Å²) in [5.41, 5.74) is 2.43. The Labute approximate surface area is 113 Å². The number of rotatable bonds is 3. The van der Waals surface area contributed by atoms with Crippen molar-refractivity contribution < 1.29 is 14.6 Å². The third-order valence-electron chi connectivity index (χ3n) is 4.20. The molecule has 1 N–H and O–H groups in total. The van der Waals surface area contributed by atoms with E-state index in [4.69, 9.17) is 4.74 Å². The van der Waals surface area contributed by atoms with Crippen LogP contribution >= 0.6 is 0 Å². The largest absolute Gasteiger partial charge is 0.493 e. The second-order valence-electron chi connectivity index (χ2n) is 5.56. The minimum atomic E-state index is -0.700. The van der Waals surface area contributed by atoms with E-state index in [0.717, 1.165) is 31.7 Å². The second kappa shape index (κ2) is 4.85. The van der Waals surface area contributed by atoms with Crippen LogP contribution in [0.3, 0.4) is 0 Å². The van der Waals surface area contributed by atoms with Gasteiger partial charge in [-0.3, -0.25) is 9.69 Å². The van der Waals surface area contributed by atoms with Crippen LogP contribution in [-0.4, -0.2) is 35.2 Å². The van der Waals surface area contributed by atoms with Gasteiger partial charge in [-0.15, -0.1) is 0 Å². The highest BCUT2D eigenvalue weighted by atomic mass is 16.5. The summed E-state index contributed by atoms with van der Waals surface area (Å²) in [6.07, 6.45) is 1.92. The fourth-order valence-electron chi connectivity index (χ4n) is 3.18. The Kier molecular flexibility index (Phi) is 3.19. The first-order valence-electron chi connectivity index (χ1n) is 6.86. The van der Waals surface area contributed by atoms with Gasteiger partial charge in [-0.25, -0.2) is 0 Å². The molecular weight excluding hydrogens is 242 g/mol. The van der Waals surface area contributed by atoms with Crippen LogP contribution < -0.4 is 4.74 Å². The third-order valence-corrected chi connectivity index (χ3v) is 4.20. The zero-order valence-electron chi connectivity index (χ0n) is 11.1. The third kappa shape index (κ3) is 2.32. The highest BCUT2D eigenvalue weighted by Crippen LogP contribution is 2.29. The molecule has 2 unspecified atom stereocenters. The van der Waals surface area contributed by atoms with Gasteiger partial charge in [0.15, 0.2) is 0 Å². The average Bonchev–Trinajstić information content (AvgIpc) is 2.95. The van der Waals surface area contributed by atoms with Crippen LogP contribution in [-0.2, 0) is 17.8 Å². The molecule has 2 aliphatic rings. The molecule has 1 saturated heterocycles. The standard InChI is InChI=1S/C15H19NO3/c1-10-4-6-16(14(10)15(17)18)9-11-2-3-13-12(8-11)5-7-19-13/h2-3,8,10,14H,4-7,9H2,1H3,(H,17,18). The maximum atomic E-state index is 11.3. The van der Waals surface area contributed by atoms with E-state index in [2.05, 4.69) is 11.0 Å². The van der Waals surface area contributed by atoms with Gasteiger partial charge < -0.3 is 9.84 Å². The fourth-order valence-corrected chi connectivity index (χ4v) is 3.18. The number of fused-ring (bicyclic) bond motifs is 1. The molecule has 19 heavy (non-hydrogen) atoms. The lowest BCUT2D eigenvalue weighted by Gasteiger charge is -2.23. The molecule has 1 aromatic rings. The molecule has 2 heterocycles. The van der Waals surface area contributed by atoms with Crippen molar-refractivity contribution in [2.24, 2.45) is 5.92 Å². The number of ether oxygens (including phenoxy) is 1. The summed E-state index contributed by atoms with van der Waals surface area (Å²) in [6.45, 7) is 4.37. The molecule has 3 rings (SSSR count). The van der Waals surface area contributed by atoms with Gasteiger partial charge in [0.05, 0.1) is 6.61 Å². The molecule has 2 aliphatic heterocycles. The molecular formula is C15H19NO3. The van der Waals surface area contributed by atoms with Crippen molar-refractivity contribution in [2.45, 2.75) is 32.4 Å². The molecule has 102 valence electrons. The molecule has 0 amide bonds. The lowest BCUT2D eigenvalue weighted by Crippen LogP contribution is -2.38. The van der Waals surface area contributed by atoms with Crippen molar-refractivity contribution in [1.82, 2.24) is 4.90 Å². The first-order valence-corrected chi connectivity index (χ1v) is 6.86. The molecule has 1 aromatic carbocycles. The van der Waals surface area contributed by atoms with Crippen LogP contribution in [0.5, 0.6) is 5.75 Å². The Balaban J connectivity index is 1.76. The van der Waals surface area contributed by atoms with Gasteiger partial charge in [-0.2, -0.15) is 0 Å². The summed E-state index contributed by atoms with van der Waals surface area (Å²) in [6, 6.07) is 5.87. The van der Waals surface area contributed by atoms with E-state index in [1.54, 1.807) is 0 Å². The maximum Gasteiger partial charge on any atom is 0.321 e. The van der Waals surface area contributed by atoms with Gasteiger partial charge in [0.25, 0.3) is 0 Å². The number of carboxylic acids is 1. The Morgan fingerprint density at radius 1 is 1.53 bits per heavy atom. The summed E-state index contributed by atoms with van der Waals surface area (Å²) < 4.78 is 5.49. The zero-order valence-corrected chi connectivity index (χ0v) is 11.1. The molecule has 0 aromatic heterocycles. The topological polar surface area (TPSA) is 49.8 Å². The van der Waals surface area contributed by atoms with Crippen LogP contribution in [0.1, 0.15) is 24.5 Å². The van der Waals surface area contributed by atoms with E-state index in [0.29, 0.717) is 6.54 Å². The number of benzene rings is 1. The number of hydrogen-bond acceptors (Lipinski definition) is 3. The summed E-state index contributed by atoms with van der Waals surface area (Å²) in [5.74, 6) is 0.512. The molecule has 0 aliphatic carbocycles. The van der Waals surface area contributed by atoms with Crippen LogP contribution in [0.4, 0.5) is 0 Å². The molecule has 0 saturated carbocycles. The summed E-state index contributed by atoms with van der Waals surface area (Å²) in [4.78, 5) is 13.4. The smallest absolute Gasteiger partial charge is 0.321 e. The van der Waals surface area contributed by atoms with Gasteiger partial charge in [0.2, 0.25) is 0 Å². The Morgan fingerprint density at radius 2 is 2.37 bits per heavy atom. The lowest BCUT2D eigenvalue weighted by molar-refractivity contribution is -0.143. The van der Waals surface area contributed by atoms with Crippen LogP contribution in [0.25, 0.3) is 0 Å². The Hall–Kier alpha value is -1.55. The maximum absolute atomic E-state index is 11.3. The van der Waals surface area contributed by atoms with Crippen molar-refractivity contribution in [3.05, 3.63) is 29.3 Å². The quantitative estimate of drug-likeness (QED) is 0.903. The molecule has 4 nitrogen and oxygen atoms in total. The van der Waals surface area contributed by atoms with Gasteiger partial charge in [0, 0.05) is 13.0 Å². The summed E-state index contributed by atoms with van der Waals surface area (Å²) in [7, 11) is 0. The minimum Gasteiger partial charge on any atom is -0.493 e.